The largest absolute Gasteiger partial charge is 0.313 e. The van der Waals surface area contributed by atoms with Gasteiger partial charge in [0, 0.05) is 25.5 Å². The smallest absolute Gasteiger partial charge is 0.250 e. The number of aromatic nitrogens is 1. The Kier molecular flexibility index (Phi) is 5.86. The van der Waals surface area contributed by atoms with E-state index < -0.39 is 10.0 Å². The third kappa shape index (κ3) is 4.89. The third-order valence-corrected chi connectivity index (χ3v) is 5.73. The minimum Gasteiger partial charge on any atom is -0.313 e. The molecule has 7 heteroatoms. The van der Waals surface area contributed by atoms with Gasteiger partial charge >= 0.3 is 0 Å². The van der Waals surface area contributed by atoms with Crippen molar-refractivity contribution in [1.82, 2.24) is 15.0 Å². The molecule has 2 heterocycles. The summed E-state index contributed by atoms with van der Waals surface area (Å²) in [4.78, 5) is 3.96. The van der Waals surface area contributed by atoms with Crippen LogP contribution in [0.1, 0.15) is 24.5 Å². The average molecular weight is 325 g/mol. The summed E-state index contributed by atoms with van der Waals surface area (Å²) < 4.78 is 27.4. The van der Waals surface area contributed by atoms with Gasteiger partial charge in [0.1, 0.15) is 4.21 Å². The number of nitrogens with one attached hydrogen (secondary N) is 2. The van der Waals surface area contributed by atoms with Crippen molar-refractivity contribution in [2.24, 2.45) is 0 Å². The van der Waals surface area contributed by atoms with Gasteiger partial charge in [0.25, 0.3) is 0 Å². The fourth-order valence-corrected chi connectivity index (χ4v) is 4.02. The summed E-state index contributed by atoms with van der Waals surface area (Å²) in [5.74, 6) is 0. The third-order valence-electron chi connectivity index (χ3n) is 2.84. The zero-order chi connectivity index (χ0) is 15.1. The van der Waals surface area contributed by atoms with E-state index in [1.807, 2.05) is 11.4 Å². The Hall–Kier alpha value is -1.28. The van der Waals surface area contributed by atoms with E-state index in [2.05, 4.69) is 21.9 Å². The average Bonchev–Trinajstić information content (AvgIpc) is 2.96. The highest BCUT2D eigenvalue weighted by Gasteiger charge is 2.16. The fraction of sp³-hybridized carbons (Fsp3) is 0.357. The molecule has 0 saturated heterocycles. The predicted octanol–water partition coefficient (Wildman–Crippen LogP) is 2.12. The monoisotopic (exact) mass is 325 g/mol. The number of thiophene rings is 1. The topological polar surface area (TPSA) is 71.1 Å². The van der Waals surface area contributed by atoms with Gasteiger partial charge in [0.2, 0.25) is 10.0 Å². The molecule has 21 heavy (non-hydrogen) atoms. The van der Waals surface area contributed by atoms with Crippen LogP contribution in [0.15, 0.2) is 40.2 Å². The quantitative estimate of drug-likeness (QED) is 0.729. The lowest BCUT2D eigenvalue weighted by atomic mass is 10.3. The summed E-state index contributed by atoms with van der Waals surface area (Å²) in [7, 11) is -3.46. The molecule has 0 saturated carbocycles. The van der Waals surface area contributed by atoms with Crippen LogP contribution in [0.2, 0.25) is 0 Å². The number of hydrogen-bond donors (Lipinski definition) is 2. The Bertz CT molecular complexity index is 654. The lowest BCUT2D eigenvalue weighted by Gasteiger charge is -2.04. The van der Waals surface area contributed by atoms with Gasteiger partial charge in [-0.05, 0) is 41.6 Å². The second kappa shape index (κ2) is 7.65. The molecule has 5 nitrogen and oxygen atoms in total. The van der Waals surface area contributed by atoms with Crippen LogP contribution in [0.4, 0.5) is 0 Å². The zero-order valence-corrected chi connectivity index (χ0v) is 13.5. The Morgan fingerprint density at radius 1 is 1.29 bits per heavy atom. The Balaban J connectivity index is 1.96. The van der Waals surface area contributed by atoms with Gasteiger partial charge in [-0.3, -0.25) is 4.98 Å². The van der Waals surface area contributed by atoms with Crippen LogP contribution in [-0.4, -0.2) is 19.9 Å². The highest BCUT2D eigenvalue weighted by Crippen LogP contribution is 2.20. The maximum Gasteiger partial charge on any atom is 0.250 e. The van der Waals surface area contributed by atoms with Crippen LogP contribution in [0.5, 0.6) is 0 Å². The number of sulfonamides is 1. The van der Waals surface area contributed by atoms with Crippen molar-refractivity contribution >= 4 is 21.4 Å². The molecule has 0 aliphatic carbocycles. The molecular weight excluding hydrogens is 306 g/mol. The number of hydrogen-bond acceptors (Lipinski definition) is 5. The van der Waals surface area contributed by atoms with E-state index in [1.165, 1.54) is 11.3 Å². The summed E-state index contributed by atoms with van der Waals surface area (Å²) in [6, 6.07) is 5.34. The van der Waals surface area contributed by atoms with Crippen LogP contribution in [0, 0.1) is 0 Å². The SMILES string of the molecule is CCCNCc1csc(S(=O)(=O)NCc2cccnc2)c1. The van der Waals surface area contributed by atoms with E-state index in [0.717, 1.165) is 24.1 Å². The first-order valence-electron chi connectivity index (χ1n) is 6.78. The summed E-state index contributed by atoms with van der Waals surface area (Å²) in [6.07, 6.45) is 4.37. The fourth-order valence-electron chi connectivity index (χ4n) is 1.75. The van der Waals surface area contributed by atoms with E-state index in [9.17, 15) is 8.42 Å². The molecule has 0 aromatic carbocycles. The van der Waals surface area contributed by atoms with Gasteiger partial charge in [-0.2, -0.15) is 0 Å². The van der Waals surface area contributed by atoms with E-state index >= 15 is 0 Å². The highest BCUT2D eigenvalue weighted by molar-refractivity contribution is 7.91. The minimum absolute atomic E-state index is 0.248. The summed E-state index contributed by atoms with van der Waals surface area (Å²) >= 11 is 1.24. The summed E-state index contributed by atoms with van der Waals surface area (Å²) in [6.45, 7) is 3.97. The Labute approximate surface area is 129 Å². The van der Waals surface area contributed by atoms with Gasteiger partial charge in [0.05, 0.1) is 0 Å². The van der Waals surface area contributed by atoms with E-state index in [1.54, 1.807) is 24.5 Å². The molecule has 2 N–H and O–H groups in total. The first-order valence-corrected chi connectivity index (χ1v) is 9.15. The van der Waals surface area contributed by atoms with Crippen LogP contribution >= 0.6 is 11.3 Å². The number of nitrogens with zero attached hydrogens (tertiary/aromatic N) is 1. The van der Waals surface area contributed by atoms with Gasteiger partial charge in [-0.15, -0.1) is 11.3 Å². The second-order valence-corrected chi connectivity index (χ2v) is 7.54. The predicted molar refractivity (Wildman–Crippen MR) is 84.6 cm³/mol. The lowest BCUT2D eigenvalue weighted by Crippen LogP contribution is -2.22. The van der Waals surface area contributed by atoms with Crippen LogP contribution in [0.3, 0.4) is 0 Å². The normalized spacial score (nSPS) is 11.7. The molecule has 0 bridgehead atoms. The van der Waals surface area contributed by atoms with Crippen molar-refractivity contribution in [3.8, 4) is 0 Å². The van der Waals surface area contributed by atoms with Crippen molar-refractivity contribution in [2.45, 2.75) is 30.6 Å². The van der Waals surface area contributed by atoms with Crippen LogP contribution < -0.4 is 10.0 Å². The van der Waals surface area contributed by atoms with Crippen LogP contribution in [0.25, 0.3) is 0 Å². The van der Waals surface area contributed by atoms with Gasteiger partial charge in [-0.1, -0.05) is 13.0 Å². The van der Waals surface area contributed by atoms with Crippen molar-refractivity contribution in [2.75, 3.05) is 6.54 Å². The molecule has 0 radical (unpaired) electrons. The Morgan fingerprint density at radius 3 is 2.86 bits per heavy atom. The van der Waals surface area contributed by atoms with E-state index in [4.69, 9.17) is 0 Å². The molecule has 2 rings (SSSR count). The van der Waals surface area contributed by atoms with Crippen molar-refractivity contribution < 1.29 is 8.42 Å². The first kappa shape index (κ1) is 16.1. The maximum absolute atomic E-state index is 12.2. The second-order valence-electron chi connectivity index (χ2n) is 4.64. The molecule has 0 unspecified atom stereocenters. The Morgan fingerprint density at radius 2 is 2.14 bits per heavy atom. The van der Waals surface area contributed by atoms with Gasteiger partial charge < -0.3 is 5.32 Å². The molecule has 2 aromatic heterocycles. The van der Waals surface area contributed by atoms with Crippen molar-refractivity contribution in [1.29, 1.82) is 0 Å². The molecule has 0 amide bonds. The molecule has 0 atom stereocenters. The maximum atomic E-state index is 12.2. The van der Waals surface area contributed by atoms with Crippen LogP contribution in [-0.2, 0) is 23.1 Å². The molecule has 0 fully saturated rings. The molecule has 0 spiro atoms. The van der Waals surface area contributed by atoms with Crippen molar-refractivity contribution in [3.05, 3.63) is 47.1 Å². The van der Waals surface area contributed by atoms with E-state index in [0.29, 0.717) is 10.8 Å². The molecule has 0 aliphatic rings. The number of rotatable bonds is 8. The number of pyridine rings is 1. The summed E-state index contributed by atoms with van der Waals surface area (Å²) in [5.41, 5.74) is 1.83. The van der Waals surface area contributed by atoms with Gasteiger partial charge in [0.15, 0.2) is 0 Å². The van der Waals surface area contributed by atoms with Crippen molar-refractivity contribution in [3.63, 3.8) is 0 Å². The van der Waals surface area contributed by atoms with Gasteiger partial charge in [-0.25, -0.2) is 13.1 Å². The lowest BCUT2D eigenvalue weighted by molar-refractivity contribution is 0.583. The molecule has 0 aliphatic heterocycles. The zero-order valence-electron chi connectivity index (χ0n) is 11.9. The first-order chi connectivity index (χ1) is 10.1. The molecule has 2 aromatic rings. The standard InChI is InChI=1S/C14H19N3O2S2/c1-2-5-15-9-13-7-14(20-11-13)21(18,19)17-10-12-4-3-6-16-8-12/h3-4,6-8,11,15,17H,2,5,9-10H2,1H3. The molecule has 114 valence electrons. The highest BCUT2D eigenvalue weighted by atomic mass is 32.2. The minimum atomic E-state index is -3.46. The molecular formula is C14H19N3O2S2. The van der Waals surface area contributed by atoms with E-state index in [-0.39, 0.29) is 6.54 Å². The summed E-state index contributed by atoms with van der Waals surface area (Å²) in [5, 5.41) is 5.13.